The maximum absolute atomic E-state index is 13.4. The van der Waals surface area contributed by atoms with Crippen LogP contribution in [0.2, 0.25) is 0 Å². The number of anilines is 1. The zero-order valence-corrected chi connectivity index (χ0v) is 20.1. The van der Waals surface area contributed by atoms with Gasteiger partial charge in [-0.1, -0.05) is 61.6 Å². The summed E-state index contributed by atoms with van der Waals surface area (Å²) in [6.45, 7) is 3.84. The van der Waals surface area contributed by atoms with Crippen molar-refractivity contribution in [1.82, 2.24) is 15.2 Å². The number of nitrogens with zero attached hydrogens (tertiary/aromatic N) is 3. The molecule has 7 nitrogen and oxygen atoms in total. The third-order valence-electron chi connectivity index (χ3n) is 6.85. The van der Waals surface area contributed by atoms with Crippen LogP contribution >= 0.6 is 11.3 Å². The Morgan fingerprint density at radius 1 is 1.09 bits per heavy atom. The minimum atomic E-state index is -0.836. The normalized spacial score (nSPS) is 16.2. The summed E-state index contributed by atoms with van der Waals surface area (Å²) in [6, 6.07) is 17.6. The first kappa shape index (κ1) is 21.6. The maximum Gasteiger partial charge on any atom is 0.232 e. The first-order valence-corrected chi connectivity index (χ1v) is 12.3. The summed E-state index contributed by atoms with van der Waals surface area (Å²) in [6.07, 6.45) is 1.32. The number of nitrogens with one attached hydrogen (secondary N) is 1. The minimum Gasteiger partial charge on any atom is -0.438 e. The zero-order chi connectivity index (χ0) is 24.2. The second kappa shape index (κ2) is 8.09. The van der Waals surface area contributed by atoms with E-state index in [0.29, 0.717) is 23.2 Å². The molecule has 2 aromatic carbocycles. The van der Waals surface area contributed by atoms with E-state index in [0.717, 1.165) is 39.9 Å². The number of carbonyl (C=O) groups excluding carboxylic acids is 2. The number of benzene rings is 2. The van der Waals surface area contributed by atoms with E-state index >= 15 is 0 Å². The average Bonchev–Trinajstić information content (AvgIpc) is 3.51. The summed E-state index contributed by atoms with van der Waals surface area (Å²) in [5.74, 6) is 0.927. The molecular formula is C27H22N4O3S. The van der Waals surface area contributed by atoms with Crippen molar-refractivity contribution < 1.29 is 14.3 Å². The zero-order valence-electron chi connectivity index (χ0n) is 19.2. The molecule has 1 atom stereocenters. The number of ketones is 1. The number of hydrogen-bond donors (Lipinski definition) is 1. The highest BCUT2D eigenvalue weighted by Gasteiger charge is 2.44. The van der Waals surface area contributed by atoms with Gasteiger partial charge < -0.3 is 10.1 Å². The van der Waals surface area contributed by atoms with Gasteiger partial charge in [0.25, 0.3) is 0 Å². The predicted molar refractivity (Wildman–Crippen MR) is 133 cm³/mol. The standard InChI is InChI=1S/C27H22N4O3S/c1-27(2,25(33)30-26-31-28-14-35-26)23-18-5-3-4-6-22(18)34-24-19(23)10-11-20(29-24)16-7-9-17-15(13-16)8-12-21(17)32/h3-7,9-11,13-14,23H,8,12H2,1-2H3,(H,30,31,33)/t23-/m0/s1. The number of amides is 1. The third kappa shape index (κ3) is 3.61. The molecule has 8 heteroatoms. The van der Waals surface area contributed by atoms with Gasteiger partial charge in [0.05, 0.1) is 11.1 Å². The lowest BCUT2D eigenvalue weighted by molar-refractivity contribution is -0.124. The quantitative estimate of drug-likeness (QED) is 0.405. The number of rotatable bonds is 4. The number of aryl methyl sites for hydroxylation is 1. The highest BCUT2D eigenvalue weighted by atomic mass is 32.1. The van der Waals surface area contributed by atoms with E-state index in [4.69, 9.17) is 9.72 Å². The molecule has 2 aliphatic rings. The first-order valence-electron chi connectivity index (χ1n) is 11.4. The monoisotopic (exact) mass is 482 g/mol. The summed E-state index contributed by atoms with van der Waals surface area (Å²) in [5, 5.41) is 11.1. The summed E-state index contributed by atoms with van der Waals surface area (Å²) in [4.78, 5) is 30.3. The summed E-state index contributed by atoms with van der Waals surface area (Å²) in [5.41, 5.74) is 6.10. The molecule has 0 saturated heterocycles. The first-order chi connectivity index (χ1) is 16.9. The Labute approximate surface area is 206 Å². The summed E-state index contributed by atoms with van der Waals surface area (Å²) < 4.78 is 6.24. The van der Waals surface area contributed by atoms with E-state index in [-0.39, 0.29) is 17.6 Å². The maximum atomic E-state index is 13.4. The van der Waals surface area contributed by atoms with Gasteiger partial charge in [0.1, 0.15) is 11.3 Å². The Hall–Kier alpha value is -3.91. The van der Waals surface area contributed by atoms with E-state index in [1.54, 1.807) is 5.51 Å². The molecule has 174 valence electrons. The Balaban J connectivity index is 1.42. The fraction of sp³-hybridized carbons (Fsp3) is 0.222. The number of aromatic nitrogens is 3. The van der Waals surface area contributed by atoms with E-state index in [2.05, 4.69) is 15.5 Å². The van der Waals surface area contributed by atoms with Crippen molar-refractivity contribution in [2.75, 3.05) is 5.32 Å². The Bertz CT molecular complexity index is 1480. The van der Waals surface area contributed by atoms with E-state index in [9.17, 15) is 9.59 Å². The Kier molecular flexibility index (Phi) is 5.00. The molecule has 0 fully saturated rings. The van der Waals surface area contributed by atoms with Gasteiger partial charge in [0.2, 0.25) is 16.9 Å². The van der Waals surface area contributed by atoms with Crippen molar-refractivity contribution in [2.45, 2.75) is 32.6 Å². The van der Waals surface area contributed by atoms with Crippen molar-refractivity contribution in [3.05, 3.63) is 82.4 Å². The van der Waals surface area contributed by atoms with Crippen LogP contribution in [-0.2, 0) is 11.2 Å². The van der Waals surface area contributed by atoms with Crippen LogP contribution in [0.1, 0.15) is 53.2 Å². The number of hydrogen-bond acceptors (Lipinski definition) is 7. The van der Waals surface area contributed by atoms with Gasteiger partial charge >= 0.3 is 0 Å². The molecule has 6 rings (SSSR count). The van der Waals surface area contributed by atoms with Gasteiger partial charge in [-0.05, 0) is 30.2 Å². The number of fused-ring (bicyclic) bond motifs is 3. The van der Waals surface area contributed by atoms with Crippen LogP contribution < -0.4 is 10.1 Å². The summed E-state index contributed by atoms with van der Waals surface area (Å²) in [7, 11) is 0. The highest BCUT2D eigenvalue weighted by molar-refractivity contribution is 7.13. The molecule has 0 bridgehead atoms. The molecule has 0 radical (unpaired) electrons. The Morgan fingerprint density at radius 3 is 2.77 bits per heavy atom. The fourth-order valence-electron chi connectivity index (χ4n) is 5.01. The lowest BCUT2D eigenvalue weighted by atomic mass is 9.69. The third-order valence-corrected chi connectivity index (χ3v) is 7.45. The lowest BCUT2D eigenvalue weighted by Gasteiger charge is -2.37. The van der Waals surface area contributed by atoms with Gasteiger partial charge in [-0.3, -0.25) is 9.59 Å². The number of ether oxygens (including phenoxy) is 1. The molecule has 0 saturated carbocycles. The molecule has 0 spiro atoms. The van der Waals surface area contributed by atoms with Gasteiger partial charge in [-0.25, -0.2) is 4.98 Å². The van der Waals surface area contributed by atoms with Gasteiger partial charge in [0, 0.05) is 34.6 Å². The molecule has 35 heavy (non-hydrogen) atoms. The molecule has 1 N–H and O–H groups in total. The van der Waals surface area contributed by atoms with Crippen molar-refractivity contribution >= 4 is 28.2 Å². The second-order valence-electron chi connectivity index (χ2n) is 9.38. The molecule has 1 aliphatic carbocycles. The SMILES string of the molecule is CC(C)(C(=O)Nc1nncs1)[C@H]1c2ccccc2Oc2nc(-c3ccc4c(c3)CCC4=O)ccc21. The van der Waals surface area contributed by atoms with E-state index in [1.807, 2.05) is 68.4 Å². The van der Waals surface area contributed by atoms with Crippen LogP contribution in [0.3, 0.4) is 0 Å². The average molecular weight is 483 g/mol. The number of pyridine rings is 1. The van der Waals surface area contributed by atoms with Crippen LogP contribution in [0.4, 0.5) is 5.13 Å². The van der Waals surface area contributed by atoms with Gasteiger partial charge in [-0.2, -0.15) is 0 Å². The van der Waals surface area contributed by atoms with Crippen LogP contribution in [0.5, 0.6) is 11.6 Å². The van der Waals surface area contributed by atoms with E-state index in [1.165, 1.54) is 11.3 Å². The van der Waals surface area contributed by atoms with Crippen molar-refractivity contribution in [3.63, 3.8) is 0 Å². The summed E-state index contributed by atoms with van der Waals surface area (Å²) >= 11 is 1.28. The predicted octanol–water partition coefficient (Wildman–Crippen LogP) is 5.63. The molecule has 2 aromatic heterocycles. The van der Waals surface area contributed by atoms with Crippen molar-refractivity contribution in [3.8, 4) is 22.9 Å². The molecule has 4 aromatic rings. The van der Waals surface area contributed by atoms with Gasteiger partial charge in [0.15, 0.2) is 5.78 Å². The molecule has 0 unspecified atom stereocenters. The van der Waals surface area contributed by atoms with Gasteiger partial charge in [-0.15, -0.1) is 10.2 Å². The molecule has 1 aliphatic heterocycles. The fourth-order valence-corrected chi connectivity index (χ4v) is 5.45. The lowest BCUT2D eigenvalue weighted by Crippen LogP contribution is -2.38. The highest BCUT2D eigenvalue weighted by Crippen LogP contribution is 2.52. The largest absolute Gasteiger partial charge is 0.438 e. The van der Waals surface area contributed by atoms with Crippen LogP contribution in [-0.4, -0.2) is 26.9 Å². The van der Waals surface area contributed by atoms with Crippen LogP contribution in [0.15, 0.2) is 60.1 Å². The number of para-hydroxylation sites is 1. The number of carbonyl (C=O) groups is 2. The molecule has 3 heterocycles. The smallest absolute Gasteiger partial charge is 0.232 e. The molecular weight excluding hydrogens is 460 g/mol. The number of Topliss-reactive ketones (excluding diaryl/α,β-unsaturated/α-hetero) is 1. The van der Waals surface area contributed by atoms with Crippen molar-refractivity contribution in [2.24, 2.45) is 5.41 Å². The minimum absolute atomic E-state index is 0.158. The second-order valence-corrected chi connectivity index (χ2v) is 10.2. The van der Waals surface area contributed by atoms with Crippen LogP contribution in [0, 0.1) is 5.41 Å². The molecule has 1 amide bonds. The van der Waals surface area contributed by atoms with Crippen LogP contribution in [0.25, 0.3) is 11.3 Å². The topological polar surface area (TPSA) is 94.1 Å². The van der Waals surface area contributed by atoms with E-state index < -0.39 is 5.41 Å². The Morgan fingerprint density at radius 2 is 1.94 bits per heavy atom. The van der Waals surface area contributed by atoms with Crippen molar-refractivity contribution in [1.29, 1.82) is 0 Å².